The zero-order valence-corrected chi connectivity index (χ0v) is 8.09. The first-order valence-corrected chi connectivity index (χ1v) is 5.16. The summed E-state index contributed by atoms with van der Waals surface area (Å²) in [5.41, 5.74) is 6.55. The Morgan fingerprint density at radius 2 is 2.38 bits per heavy atom. The molecule has 0 radical (unpaired) electrons. The average molecular weight is 196 g/mol. The number of ether oxygens (including phenoxy) is 1. The van der Waals surface area contributed by atoms with Crippen molar-refractivity contribution in [2.24, 2.45) is 5.73 Å². The van der Waals surface area contributed by atoms with Gasteiger partial charge in [0.1, 0.15) is 0 Å². The van der Waals surface area contributed by atoms with Crippen LogP contribution in [0.1, 0.15) is 5.56 Å². The first-order valence-electron chi connectivity index (χ1n) is 4.28. The maximum absolute atomic E-state index is 5.47. The second-order valence-electron chi connectivity index (χ2n) is 2.99. The number of aromatic nitrogens is 1. The molecule has 0 amide bonds. The summed E-state index contributed by atoms with van der Waals surface area (Å²) >= 11 is 1.77. The topological polar surface area (TPSA) is 48.1 Å². The Balaban J connectivity index is 1.96. The molecular weight excluding hydrogens is 184 g/mol. The van der Waals surface area contributed by atoms with E-state index in [4.69, 9.17) is 10.5 Å². The molecule has 3 nitrogen and oxygen atoms in total. The Kier molecular flexibility index (Phi) is 2.83. The van der Waals surface area contributed by atoms with Crippen molar-refractivity contribution >= 4 is 11.8 Å². The van der Waals surface area contributed by atoms with Gasteiger partial charge in [-0.2, -0.15) is 0 Å². The molecule has 13 heavy (non-hydrogen) atoms. The van der Waals surface area contributed by atoms with Crippen molar-refractivity contribution in [3.8, 4) is 0 Å². The minimum Gasteiger partial charge on any atom is -0.379 e. The number of rotatable bonds is 3. The van der Waals surface area contributed by atoms with Crippen LogP contribution in [0.4, 0.5) is 0 Å². The normalized spacial score (nSPS) is 17.0. The average Bonchev–Trinajstić information content (AvgIpc) is 2.12. The summed E-state index contributed by atoms with van der Waals surface area (Å²) < 4.78 is 5.08. The van der Waals surface area contributed by atoms with Crippen molar-refractivity contribution in [1.29, 1.82) is 0 Å². The maximum atomic E-state index is 5.47. The van der Waals surface area contributed by atoms with E-state index < -0.39 is 0 Å². The van der Waals surface area contributed by atoms with Crippen LogP contribution < -0.4 is 5.73 Å². The molecule has 0 unspecified atom stereocenters. The van der Waals surface area contributed by atoms with E-state index in [-0.39, 0.29) is 0 Å². The standard InChI is InChI=1S/C9H12N2OS/c10-3-7-1-2-9(11-4-7)13-8-5-12-6-8/h1-2,4,8H,3,5-6,10H2. The molecule has 1 fully saturated rings. The molecule has 2 heterocycles. The van der Waals surface area contributed by atoms with Gasteiger partial charge in [-0.05, 0) is 11.6 Å². The lowest BCUT2D eigenvalue weighted by Gasteiger charge is -2.24. The highest BCUT2D eigenvalue weighted by molar-refractivity contribution is 8.00. The van der Waals surface area contributed by atoms with Crippen LogP contribution in [-0.4, -0.2) is 23.4 Å². The lowest BCUT2D eigenvalue weighted by molar-refractivity contribution is 0.0454. The van der Waals surface area contributed by atoms with E-state index in [1.54, 1.807) is 11.8 Å². The lowest BCUT2D eigenvalue weighted by Crippen LogP contribution is -2.30. The van der Waals surface area contributed by atoms with Crippen molar-refractivity contribution in [3.63, 3.8) is 0 Å². The molecule has 2 rings (SSSR count). The fraction of sp³-hybridized carbons (Fsp3) is 0.444. The molecule has 1 aliphatic heterocycles. The monoisotopic (exact) mass is 196 g/mol. The van der Waals surface area contributed by atoms with Gasteiger partial charge in [-0.3, -0.25) is 0 Å². The Labute approximate surface area is 81.7 Å². The van der Waals surface area contributed by atoms with Crippen molar-refractivity contribution in [1.82, 2.24) is 4.98 Å². The van der Waals surface area contributed by atoms with Crippen LogP contribution in [-0.2, 0) is 11.3 Å². The third-order valence-corrected chi connectivity index (χ3v) is 3.02. The van der Waals surface area contributed by atoms with E-state index in [9.17, 15) is 0 Å². The van der Waals surface area contributed by atoms with Gasteiger partial charge in [0, 0.05) is 12.7 Å². The largest absolute Gasteiger partial charge is 0.379 e. The summed E-state index contributed by atoms with van der Waals surface area (Å²) in [5.74, 6) is 0. The van der Waals surface area contributed by atoms with Gasteiger partial charge < -0.3 is 10.5 Å². The van der Waals surface area contributed by atoms with Gasteiger partial charge in [-0.1, -0.05) is 17.8 Å². The number of pyridine rings is 1. The molecule has 70 valence electrons. The van der Waals surface area contributed by atoms with Gasteiger partial charge in [0.05, 0.1) is 23.5 Å². The zero-order valence-electron chi connectivity index (χ0n) is 7.27. The zero-order chi connectivity index (χ0) is 9.10. The molecular formula is C9H12N2OS. The van der Waals surface area contributed by atoms with Crippen LogP contribution in [0.2, 0.25) is 0 Å². The second kappa shape index (κ2) is 4.09. The lowest BCUT2D eigenvalue weighted by atomic mass is 10.3. The van der Waals surface area contributed by atoms with Gasteiger partial charge in [-0.25, -0.2) is 4.98 Å². The molecule has 4 heteroatoms. The van der Waals surface area contributed by atoms with Gasteiger partial charge in [0.25, 0.3) is 0 Å². The predicted molar refractivity (Wildman–Crippen MR) is 52.6 cm³/mol. The summed E-state index contributed by atoms with van der Waals surface area (Å²) in [6, 6.07) is 4.04. The number of nitrogens with two attached hydrogens (primary N) is 1. The van der Waals surface area contributed by atoms with Crippen LogP contribution in [0, 0.1) is 0 Å². The first-order chi connectivity index (χ1) is 6.38. The van der Waals surface area contributed by atoms with Crippen molar-refractivity contribution in [2.75, 3.05) is 13.2 Å². The third-order valence-electron chi connectivity index (χ3n) is 1.93. The fourth-order valence-electron chi connectivity index (χ4n) is 1.05. The summed E-state index contributed by atoms with van der Waals surface area (Å²) in [4.78, 5) is 4.30. The number of thioether (sulfide) groups is 1. The Bertz CT molecular complexity index is 271. The van der Waals surface area contributed by atoms with E-state index in [0.29, 0.717) is 11.8 Å². The number of hydrogen-bond acceptors (Lipinski definition) is 4. The van der Waals surface area contributed by atoms with E-state index in [2.05, 4.69) is 4.98 Å². The summed E-state index contributed by atoms with van der Waals surface area (Å²) in [5, 5.41) is 1.65. The van der Waals surface area contributed by atoms with Gasteiger partial charge in [-0.15, -0.1) is 0 Å². The smallest absolute Gasteiger partial charge is 0.0964 e. The quantitative estimate of drug-likeness (QED) is 0.784. The van der Waals surface area contributed by atoms with Gasteiger partial charge >= 0.3 is 0 Å². The molecule has 1 aromatic rings. The van der Waals surface area contributed by atoms with Crippen LogP contribution >= 0.6 is 11.8 Å². The van der Waals surface area contributed by atoms with Crippen molar-refractivity contribution < 1.29 is 4.74 Å². The van der Waals surface area contributed by atoms with Crippen molar-refractivity contribution in [2.45, 2.75) is 16.8 Å². The SMILES string of the molecule is NCc1ccc(SC2COC2)nc1. The highest BCUT2D eigenvalue weighted by atomic mass is 32.2. The summed E-state index contributed by atoms with van der Waals surface area (Å²) in [7, 11) is 0. The van der Waals surface area contributed by atoms with Crippen LogP contribution in [0.5, 0.6) is 0 Å². The number of hydrogen-bond donors (Lipinski definition) is 1. The van der Waals surface area contributed by atoms with Crippen LogP contribution in [0.15, 0.2) is 23.4 Å². The van der Waals surface area contributed by atoms with Crippen LogP contribution in [0.3, 0.4) is 0 Å². The molecule has 0 aromatic carbocycles. The minimum absolute atomic E-state index is 0.560. The first kappa shape index (κ1) is 8.99. The molecule has 0 saturated carbocycles. The minimum atomic E-state index is 0.560. The fourth-order valence-corrected chi connectivity index (χ4v) is 1.98. The van der Waals surface area contributed by atoms with Gasteiger partial charge in [0.2, 0.25) is 0 Å². The third kappa shape index (κ3) is 2.21. The highest BCUT2D eigenvalue weighted by Gasteiger charge is 2.19. The molecule has 0 atom stereocenters. The van der Waals surface area contributed by atoms with Gasteiger partial charge in [0.15, 0.2) is 0 Å². The maximum Gasteiger partial charge on any atom is 0.0964 e. The van der Waals surface area contributed by atoms with Crippen molar-refractivity contribution in [3.05, 3.63) is 23.9 Å². The van der Waals surface area contributed by atoms with E-state index in [0.717, 1.165) is 23.8 Å². The molecule has 0 aliphatic carbocycles. The van der Waals surface area contributed by atoms with E-state index in [1.165, 1.54) is 0 Å². The summed E-state index contributed by atoms with van der Waals surface area (Å²) in [6.07, 6.45) is 1.84. The predicted octanol–water partition coefficient (Wildman–Crippen LogP) is 1.03. The Hall–Kier alpha value is -0.580. The number of nitrogens with zero attached hydrogens (tertiary/aromatic N) is 1. The van der Waals surface area contributed by atoms with E-state index in [1.807, 2.05) is 18.3 Å². The Morgan fingerprint density at radius 1 is 1.54 bits per heavy atom. The molecule has 0 bridgehead atoms. The Morgan fingerprint density at radius 3 is 2.85 bits per heavy atom. The van der Waals surface area contributed by atoms with E-state index >= 15 is 0 Å². The molecule has 1 aliphatic rings. The van der Waals surface area contributed by atoms with Crippen LogP contribution in [0.25, 0.3) is 0 Å². The second-order valence-corrected chi connectivity index (χ2v) is 4.31. The molecule has 1 saturated heterocycles. The molecule has 2 N–H and O–H groups in total. The molecule has 1 aromatic heterocycles. The summed E-state index contributed by atoms with van der Waals surface area (Å²) in [6.45, 7) is 2.26. The molecule has 0 spiro atoms. The highest BCUT2D eigenvalue weighted by Crippen LogP contribution is 2.25.